The summed E-state index contributed by atoms with van der Waals surface area (Å²) in [5.41, 5.74) is 0. The molecular formula is C11H7F3O. The number of fused-ring (bicyclic) bond motifs is 1. The first-order chi connectivity index (χ1) is 7.04. The third-order valence-electron chi connectivity index (χ3n) is 1.95. The minimum absolute atomic E-state index is 0.193. The van der Waals surface area contributed by atoms with Gasteiger partial charge in [0.2, 0.25) is 0 Å². The number of hydrogen-bond acceptors (Lipinski definition) is 1. The van der Waals surface area contributed by atoms with Crippen LogP contribution < -0.4 is 4.74 Å². The summed E-state index contributed by atoms with van der Waals surface area (Å²) in [7, 11) is 0. The van der Waals surface area contributed by atoms with Crippen LogP contribution in [0.3, 0.4) is 0 Å². The Morgan fingerprint density at radius 2 is 1.53 bits per heavy atom. The Morgan fingerprint density at radius 1 is 0.867 bits per heavy atom. The molecule has 0 N–H and O–H groups in total. The molecule has 0 spiro atoms. The van der Waals surface area contributed by atoms with E-state index in [4.69, 9.17) is 0 Å². The number of ether oxygens (including phenoxy) is 1. The van der Waals surface area contributed by atoms with Gasteiger partial charge < -0.3 is 4.74 Å². The van der Waals surface area contributed by atoms with E-state index in [-0.39, 0.29) is 5.75 Å². The van der Waals surface area contributed by atoms with Gasteiger partial charge in [0.1, 0.15) is 5.75 Å². The maximum absolute atomic E-state index is 11.9. The van der Waals surface area contributed by atoms with Crippen LogP contribution in [-0.2, 0) is 0 Å². The summed E-state index contributed by atoms with van der Waals surface area (Å²) >= 11 is 0. The van der Waals surface area contributed by atoms with Crippen LogP contribution in [0.1, 0.15) is 0 Å². The molecule has 4 heteroatoms. The van der Waals surface area contributed by atoms with Crippen LogP contribution in [0.15, 0.2) is 42.5 Å². The second-order valence-electron chi connectivity index (χ2n) is 3.06. The molecule has 0 saturated carbocycles. The molecule has 0 fully saturated rings. The Bertz CT molecular complexity index is 476. The summed E-state index contributed by atoms with van der Waals surface area (Å²) in [4.78, 5) is 0. The average Bonchev–Trinajstić information content (AvgIpc) is 2.15. The van der Waals surface area contributed by atoms with E-state index in [2.05, 4.69) is 4.74 Å². The van der Waals surface area contributed by atoms with Crippen LogP contribution >= 0.6 is 0 Å². The largest absolute Gasteiger partial charge is 0.573 e. The second kappa shape index (κ2) is 3.46. The Morgan fingerprint density at radius 3 is 2.20 bits per heavy atom. The van der Waals surface area contributed by atoms with E-state index in [1.807, 2.05) is 12.1 Å². The van der Waals surface area contributed by atoms with Crippen LogP contribution in [0.5, 0.6) is 5.75 Å². The van der Waals surface area contributed by atoms with Crippen molar-refractivity contribution in [3.8, 4) is 5.75 Å². The molecule has 0 radical (unpaired) electrons. The van der Waals surface area contributed by atoms with Gasteiger partial charge in [0.15, 0.2) is 0 Å². The normalized spacial score (nSPS) is 11.7. The van der Waals surface area contributed by atoms with Gasteiger partial charge in [-0.15, -0.1) is 13.2 Å². The monoisotopic (exact) mass is 212 g/mol. The molecule has 1 nitrogen and oxygen atoms in total. The number of alkyl halides is 3. The molecule has 0 amide bonds. The molecule has 0 unspecified atom stereocenters. The Hall–Kier alpha value is -1.71. The number of halogens is 3. The van der Waals surface area contributed by atoms with E-state index in [9.17, 15) is 13.2 Å². The van der Waals surface area contributed by atoms with Crippen molar-refractivity contribution in [3.63, 3.8) is 0 Å². The molecule has 2 rings (SSSR count). The van der Waals surface area contributed by atoms with Crippen LogP contribution in [0.25, 0.3) is 10.8 Å². The van der Waals surface area contributed by atoms with Gasteiger partial charge in [-0.3, -0.25) is 0 Å². The molecule has 0 bridgehead atoms. The maximum Gasteiger partial charge on any atom is 0.573 e. The molecule has 0 aliphatic heterocycles. The summed E-state index contributed by atoms with van der Waals surface area (Å²) < 4.78 is 39.6. The molecule has 0 saturated heterocycles. The first kappa shape index (κ1) is 9.83. The van der Waals surface area contributed by atoms with Gasteiger partial charge in [-0.1, -0.05) is 30.3 Å². The van der Waals surface area contributed by atoms with Crippen molar-refractivity contribution in [1.82, 2.24) is 0 Å². The summed E-state index contributed by atoms with van der Waals surface area (Å²) in [6.45, 7) is 0. The van der Waals surface area contributed by atoms with E-state index in [0.717, 1.165) is 10.8 Å². The van der Waals surface area contributed by atoms with Gasteiger partial charge in [-0.2, -0.15) is 0 Å². The zero-order valence-electron chi connectivity index (χ0n) is 7.58. The fourth-order valence-electron chi connectivity index (χ4n) is 1.36. The van der Waals surface area contributed by atoms with Gasteiger partial charge in [-0.25, -0.2) is 0 Å². The lowest BCUT2D eigenvalue weighted by atomic mass is 10.1. The fraction of sp³-hybridized carbons (Fsp3) is 0.0909. The maximum atomic E-state index is 11.9. The van der Waals surface area contributed by atoms with Crippen molar-refractivity contribution in [2.45, 2.75) is 6.36 Å². The van der Waals surface area contributed by atoms with Crippen molar-refractivity contribution in [2.24, 2.45) is 0 Å². The zero-order valence-corrected chi connectivity index (χ0v) is 7.58. The number of rotatable bonds is 1. The highest BCUT2D eigenvalue weighted by atomic mass is 19.4. The molecule has 2 aromatic carbocycles. The molecule has 0 aliphatic carbocycles. The van der Waals surface area contributed by atoms with Gasteiger partial charge in [0.25, 0.3) is 0 Å². The lowest BCUT2D eigenvalue weighted by molar-refractivity contribution is -0.274. The van der Waals surface area contributed by atoms with Crippen LogP contribution in [-0.4, -0.2) is 6.36 Å². The van der Waals surface area contributed by atoms with Crippen molar-refractivity contribution in [3.05, 3.63) is 42.5 Å². The van der Waals surface area contributed by atoms with E-state index in [0.29, 0.717) is 0 Å². The van der Waals surface area contributed by atoms with Crippen LogP contribution in [0, 0.1) is 0 Å². The zero-order chi connectivity index (χ0) is 10.9. The first-order valence-electron chi connectivity index (χ1n) is 4.29. The summed E-state index contributed by atoms with van der Waals surface area (Å²) in [5, 5.41) is 1.60. The standard InChI is InChI=1S/C11H7F3O/c12-11(13,14)15-10-6-5-8-3-1-2-4-9(8)7-10/h1-7H. The molecule has 2 aromatic rings. The molecule has 0 aliphatic rings. The number of hydrogen-bond donors (Lipinski definition) is 0. The van der Waals surface area contributed by atoms with Crippen LogP contribution in [0.4, 0.5) is 13.2 Å². The fourth-order valence-corrected chi connectivity index (χ4v) is 1.36. The third kappa shape index (κ3) is 2.40. The minimum Gasteiger partial charge on any atom is -0.406 e. The quantitative estimate of drug-likeness (QED) is 0.699. The molecule has 15 heavy (non-hydrogen) atoms. The lowest BCUT2D eigenvalue weighted by Crippen LogP contribution is -2.16. The van der Waals surface area contributed by atoms with Crippen molar-refractivity contribution < 1.29 is 17.9 Å². The van der Waals surface area contributed by atoms with E-state index < -0.39 is 6.36 Å². The van der Waals surface area contributed by atoms with E-state index in [1.54, 1.807) is 18.2 Å². The average molecular weight is 212 g/mol. The summed E-state index contributed by atoms with van der Waals surface area (Å²) in [6.07, 6.45) is -4.64. The van der Waals surface area contributed by atoms with Gasteiger partial charge >= 0.3 is 6.36 Å². The molecule has 0 aromatic heterocycles. The van der Waals surface area contributed by atoms with Gasteiger partial charge in [0.05, 0.1) is 0 Å². The topological polar surface area (TPSA) is 9.23 Å². The number of benzene rings is 2. The lowest BCUT2D eigenvalue weighted by Gasteiger charge is -2.09. The molecule has 0 atom stereocenters. The van der Waals surface area contributed by atoms with Crippen molar-refractivity contribution >= 4 is 10.8 Å². The second-order valence-corrected chi connectivity index (χ2v) is 3.06. The van der Waals surface area contributed by atoms with Crippen LogP contribution in [0.2, 0.25) is 0 Å². The molecular weight excluding hydrogens is 205 g/mol. The molecule has 0 heterocycles. The minimum atomic E-state index is -4.64. The van der Waals surface area contributed by atoms with Gasteiger partial charge in [0, 0.05) is 0 Å². The van der Waals surface area contributed by atoms with E-state index in [1.165, 1.54) is 12.1 Å². The SMILES string of the molecule is FC(F)(F)Oc1ccc2ccccc2c1. The Labute approximate surface area is 84.1 Å². The summed E-state index contributed by atoms with van der Waals surface area (Å²) in [5.74, 6) is -0.193. The van der Waals surface area contributed by atoms with E-state index >= 15 is 0 Å². The highest BCUT2D eigenvalue weighted by molar-refractivity contribution is 5.83. The van der Waals surface area contributed by atoms with Gasteiger partial charge in [-0.05, 0) is 22.9 Å². The highest BCUT2D eigenvalue weighted by Gasteiger charge is 2.30. The van der Waals surface area contributed by atoms with Crippen molar-refractivity contribution in [1.29, 1.82) is 0 Å². The Kier molecular flexibility index (Phi) is 2.26. The predicted molar refractivity (Wildman–Crippen MR) is 50.6 cm³/mol. The predicted octanol–water partition coefficient (Wildman–Crippen LogP) is 3.74. The highest BCUT2D eigenvalue weighted by Crippen LogP contribution is 2.26. The Balaban J connectivity index is 2.39. The third-order valence-corrected chi connectivity index (χ3v) is 1.95. The smallest absolute Gasteiger partial charge is 0.406 e. The summed E-state index contributed by atoms with van der Waals surface area (Å²) in [6, 6.07) is 11.4. The van der Waals surface area contributed by atoms with Crippen molar-refractivity contribution in [2.75, 3.05) is 0 Å². The molecule has 78 valence electrons. The first-order valence-corrected chi connectivity index (χ1v) is 4.29.